The van der Waals surface area contributed by atoms with E-state index < -0.39 is 17.8 Å². The number of aliphatic imine (C=N–C) groups is 1. The fourth-order valence-corrected chi connectivity index (χ4v) is 4.67. The largest absolute Gasteiger partial charge is 0.481 e. The Morgan fingerprint density at radius 2 is 2.07 bits per heavy atom. The minimum absolute atomic E-state index is 0.0199. The SMILES string of the molecule is Cc1sc2c(c1C)C(c1ccc(Cl)c(F)c1)=NC(CC(=O)O)c1nnc(C)n1-2. The molecule has 1 N–H and O–H groups in total. The van der Waals surface area contributed by atoms with Crippen LogP contribution < -0.4 is 0 Å². The molecule has 6 nitrogen and oxygen atoms in total. The Kier molecular flexibility index (Phi) is 4.55. The van der Waals surface area contributed by atoms with Gasteiger partial charge >= 0.3 is 5.97 Å². The Morgan fingerprint density at radius 3 is 2.75 bits per heavy atom. The third kappa shape index (κ3) is 2.93. The van der Waals surface area contributed by atoms with Gasteiger partial charge < -0.3 is 5.11 Å². The van der Waals surface area contributed by atoms with E-state index >= 15 is 0 Å². The van der Waals surface area contributed by atoms with Gasteiger partial charge in [0.25, 0.3) is 0 Å². The Bertz CT molecular complexity index is 1150. The van der Waals surface area contributed by atoms with Crippen LogP contribution in [-0.4, -0.2) is 31.6 Å². The van der Waals surface area contributed by atoms with Crippen LogP contribution in [0.15, 0.2) is 23.2 Å². The number of carboxylic acids is 1. The summed E-state index contributed by atoms with van der Waals surface area (Å²) < 4.78 is 16.0. The average molecular weight is 419 g/mol. The number of aliphatic carboxylic acids is 1. The van der Waals surface area contributed by atoms with E-state index in [-0.39, 0.29) is 11.4 Å². The first-order valence-electron chi connectivity index (χ1n) is 8.55. The van der Waals surface area contributed by atoms with E-state index in [1.807, 2.05) is 25.3 Å². The molecule has 1 aromatic carbocycles. The van der Waals surface area contributed by atoms with Gasteiger partial charge in [-0.1, -0.05) is 17.7 Å². The van der Waals surface area contributed by atoms with Crippen molar-refractivity contribution in [2.24, 2.45) is 4.99 Å². The molecule has 1 aliphatic heterocycles. The topological polar surface area (TPSA) is 80.4 Å². The Morgan fingerprint density at radius 1 is 1.32 bits per heavy atom. The molecule has 1 atom stereocenters. The average Bonchev–Trinajstić information content (AvgIpc) is 3.10. The van der Waals surface area contributed by atoms with Crippen LogP contribution in [0.25, 0.3) is 5.00 Å². The van der Waals surface area contributed by atoms with Crippen molar-refractivity contribution in [3.05, 3.63) is 62.3 Å². The van der Waals surface area contributed by atoms with Gasteiger partial charge in [0.1, 0.15) is 22.7 Å². The quantitative estimate of drug-likeness (QED) is 0.683. The molecule has 28 heavy (non-hydrogen) atoms. The van der Waals surface area contributed by atoms with E-state index in [0.717, 1.165) is 21.0 Å². The highest BCUT2D eigenvalue weighted by Crippen LogP contribution is 2.39. The zero-order valence-corrected chi connectivity index (χ0v) is 16.9. The van der Waals surface area contributed by atoms with E-state index in [2.05, 4.69) is 10.2 Å². The summed E-state index contributed by atoms with van der Waals surface area (Å²) in [6, 6.07) is 3.75. The van der Waals surface area contributed by atoms with Crippen molar-refractivity contribution in [3.63, 3.8) is 0 Å². The second-order valence-corrected chi connectivity index (χ2v) is 8.23. The molecule has 1 unspecified atom stereocenters. The van der Waals surface area contributed by atoms with Gasteiger partial charge in [-0.05, 0) is 38.5 Å². The highest BCUT2D eigenvalue weighted by atomic mass is 35.5. The maximum absolute atomic E-state index is 14.2. The zero-order chi connectivity index (χ0) is 20.2. The monoisotopic (exact) mass is 418 g/mol. The molecule has 144 valence electrons. The Labute approximate surface area is 169 Å². The number of thiophene rings is 1. The molecular weight excluding hydrogens is 403 g/mol. The molecule has 3 heterocycles. The number of carboxylic acid groups (broad SMARTS) is 1. The number of hydrogen-bond donors (Lipinski definition) is 1. The molecule has 9 heteroatoms. The van der Waals surface area contributed by atoms with Crippen LogP contribution in [-0.2, 0) is 4.79 Å². The number of benzene rings is 1. The van der Waals surface area contributed by atoms with E-state index in [1.54, 1.807) is 17.4 Å². The van der Waals surface area contributed by atoms with Crippen molar-refractivity contribution in [1.29, 1.82) is 0 Å². The molecule has 0 fully saturated rings. The van der Waals surface area contributed by atoms with Crippen molar-refractivity contribution < 1.29 is 14.3 Å². The fraction of sp³-hybridized carbons (Fsp3) is 0.263. The normalized spacial score (nSPS) is 15.6. The second kappa shape index (κ2) is 6.79. The molecule has 0 aliphatic carbocycles. The molecule has 3 aromatic rings. The van der Waals surface area contributed by atoms with Crippen LogP contribution in [0.3, 0.4) is 0 Å². The van der Waals surface area contributed by atoms with Crippen LogP contribution >= 0.6 is 22.9 Å². The highest BCUT2D eigenvalue weighted by Gasteiger charge is 2.32. The summed E-state index contributed by atoms with van der Waals surface area (Å²) in [6.45, 7) is 5.79. The van der Waals surface area contributed by atoms with Crippen molar-refractivity contribution in [2.75, 3.05) is 0 Å². The number of carbonyl (C=O) groups is 1. The smallest absolute Gasteiger partial charge is 0.306 e. The van der Waals surface area contributed by atoms with Gasteiger partial charge in [-0.3, -0.25) is 14.4 Å². The predicted molar refractivity (Wildman–Crippen MR) is 105 cm³/mol. The molecule has 0 bridgehead atoms. The first kappa shape index (κ1) is 18.8. The van der Waals surface area contributed by atoms with Crippen LogP contribution in [0.2, 0.25) is 5.02 Å². The Hall–Kier alpha value is -2.58. The van der Waals surface area contributed by atoms with Gasteiger partial charge in [0, 0.05) is 16.0 Å². The number of rotatable bonds is 3. The van der Waals surface area contributed by atoms with Crippen molar-refractivity contribution in [1.82, 2.24) is 14.8 Å². The molecule has 0 saturated carbocycles. The summed E-state index contributed by atoms with van der Waals surface area (Å²) in [6.07, 6.45) is -0.245. The summed E-state index contributed by atoms with van der Waals surface area (Å²) >= 11 is 7.40. The number of hydrogen-bond acceptors (Lipinski definition) is 5. The minimum Gasteiger partial charge on any atom is -0.481 e. The van der Waals surface area contributed by atoms with E-state index in [4.69, 9.17) is 16.6 Å². The third-order valence-corrected chi connectivity index (χ3v) is 6.30. The lowest BCUT2D eigenvalue weighted by Gasteiger charge is -2.11. The fourth-order valence-electron chi connectivity index (χ4n) is 3.33. The van der Waals surface area contributed by atoms with Crippen LogP contribution in [0, 0.1) is 26.6 Å². The summed E-state index contributed by atoms with van der Waals surface area (Å²) in [5.74, 6) is -0.443. The van der Waals surface area contributed by atoms with Gasteiger partial charge in [-0.15, -0.1) is 21.5 Å². The van der Waals surface area contributed by atoms with Gasteiger partial charge in [0.2, 0.25) is 0 Å². The number of fused-ring (bicyclic) bond motifs is 3. The molecule has 4 rings (SSSR count). The number of nitrogens with zero attached hydrogens (tertiary/aromatic N) is 4. The lowest BCUT2D eigenvalue weighted by molar-refractivity contribution is -0.137. The number of aromatic nitrogens is 3. The van der Waals surface area contributed by atoms with Gasteiger partial charge in [0.05, 0.1) is 17.2 Å². The maximum Gasteiger partial charge on any atom is 0.306 e. The summed E-state index contributed by atoms with van der Waals surface area (Å²) in [4.78, 5) is 17.3. The van der Waals surface area contributed by atoms with E-state index in [9.17, 15) is 14.3 Å². The minimum atomic E-state index is -0.999. The Balaban J connectivity index is 2.05. The van der Waals surface area contributed by atoms with Crippen LogP contribution in [0.5, 0.6) is 0 Å². The van der Waals surface area contributed by atoms with Crippen molar-refractivity contribution in [2.45, 2.75) is 33.2 Å². The highest BCUT2D eigenvalue weighted by molar-refractivity contribution is 7.15. The first-order valence-corrected chi connectivity index (χ1v) is 9.75. The van der Waals surface area contributed by atoms with Gasteiger partial charge in [-0.2, -0.15) is 0 Å². The molecule has 2 aromatic heterocycles. The van der Waals surface area contributed by atoms with Gasteiger partial charge in [-0.25, -0.2) is 4.39 Å². The summed E-state index contributed by atoms with van der Waals surface area (Å²) in [7, 11) is 0. The van der Waals surface area contributed by atoms with E-state index in [0.29, 0.717) is 22.9 Å². The molecule has 0 spiro atoms. The molecule has 0 amide bonds. The van der Waals surface area contributed by atoms with Crippen LogP contribution in [0.4, 0.5) is 4.39 Å². The molecule has 1 aliphatic rings. The van der Waals surface area contributed by atoms with Crippen molar-refractivity contribution in [3.8, 4) is 5.00 Å². The van der Waals surface area contributed by atoms with Crippen LogP contribution in [0.1, 0.15) is 45.7 Å². The van der Waals surface area contributed by atoms with E-state index in [1.165, 1.54) is 12.1 Å². The standard InChI is InChI=1S/C19H16ClFN4O2S/c1-8-9(2)28-19-16(8)17(11-4-5-12(20)13(21)6-11)22-14(7-15(26)27)18-24-23-10(3)25(18)19/h4-6,14H,7H2,1-3H3,(H,26,27). The first-order chi connectivity index (χ1) is 13.3. The lowest BCUT2D eigenvalue weighted by Crippen LogP contribution is -2.10. The molecule has 0 saturated heterocycles. The predicted octanol–water partition coefficient (Wildman–Crippen LogP) is 4.41. The molecular formula is C19H16ClFN4O2S. The molecule has 0 radical (unpaired) electrons. The summed E-state index contributed by atoms with van der Waals surface area (Å²) in [5, 5.41) is 18.6. The van der Waals surface area contributed by atoms with Gasteiger partial charge in [0.15, 0.2) is 5.82 Å². The lowest BCUT2D eigenvalue weighted by atomic mass is 9.99. The second-order valence-electron chi connectivity index (χ2n) is 6.62. The number of halogens is 2. The van der Waals surface area contributed by atoms with Crippen molar-refractivity contribution >= 4 is 34.6 Å². The summed E-state index contributed by atoms with van der Waals surface area (Å²) in [5.41, 5.74) is 2.91. The zero-order valence-electron chi connectivity index (χ0n) is 15.3. The third-order valence-electron chi connectivity index (χ3n) is 4.80. The maximum atomic E-state index is 14.2. The number of aryl methyl sites for hydroxylation is 2.